The molecular formula is C19H27NO4S. The highest BCUT2D eigenvalue weighted by Crippen LogP contribution is 2.20. The standard InChI is InChI=1S/C19H25NO3S.H2O/c1-19(2,3)23-18(21)20-13-5-6-16(14-20)8-7-15-9-11-17(12-10-15)24(4)22;/h7-12,14H,5-6,13H2,1-4H3;1H2/b8-7+;. The highest BCUT2D eigenvalue weighted by molar-refractivity contribution is 7.84. The summed E-state index contributed by atoms with van der Waals surface area (Å²) < 4.78 is 16.8. The number of hydrogen-bond donors (Lipinski definition) is 0. The molecule has 1 heterocycles. The summed E-state index contributed by atoms with van der Waals surface area (Å²) in [5.74, 6) is 0. The number of hydrogen-bond acceptors (Lipinski definition) is 3. The number of amides is 1. The lowest BCUT2D eigenvalue weighted by molar-refractivity contribution is 0.0325. The number of carbonyl (C=O) groups is 1. The molecule has 1 aromatic rings. The minimum Gasteiger partial charge on any atom is -0.443 e. The predicted octanol–water partition coefficient (Wildman–Crippen LogP) is 3.53. The second kappa shape index (κ2) is 8.97. The molecule has 0 aliphatic carbocycles. The lowest BCUT2D eigenvalue weighted by Gasteiger charge is -2.28. The van der Waals surface area contributed by atoms with E-state index in [9.17, 15) is 9.00 Å². The summed E-state index contributed by atoms with van der Waals surface area (Å²) in [6, 6.07) is 7.64. The third-order valence-corrected chi connectivity index (χ3v) is 4.45. The molecule has 1 aromatic carbocycles. The first kappa shape index (κ1) is 21.1. The van der Waals surface area contributed by atoms with Crippen molar-refractivity contribution in [3.05, 3.63) is 47.7 Å². The lowest BCUT2D eigenvalue weighted by Crippen LogP contribution is -2.35. The molecule has 2 rings (SSSR count). The Kier molecular flexibility index (Phi) is 7.58. The maximum Gasteiger partial charge on any atom is 0.414 e. The van der Waals surface area contributed by atoms with Crippen molar-refractivity contribution in [2.75, 3.05) is 12.8 Å². The topological polar surface area (TPSA) is 78.1 Å². The van der Waals surface area contributed by atoms with Crippen LogP contribution < -0.4 is 0 Å². The Labute approximate surface area is 152 Å². The van der Waals surface area contributed by atoms with Gasteiger partial charge in [-0.25, -0.2) is 4.79 Å². The van der Waals surface area contributed by atoms with E-state index in [1.165, 1.54) is 0 Å². The second-order valence-corrected chi connectivity index (χ2v) is 8.22. The molecule has 0 saturated heterocycles. The molecule has 1 aliphatic heterocycles. The second-order valence-electron chi connectivity index (χ2n) is 6.84. The van der Waals surface area contributed by atoms with Crippen LogP contribution in [0, 0.1) is 0 Å². The Balaban J connectivity index is 0.00000312. The van der Waals surface area contributed by atoms with Gasteiger partial charge in [-0.15, -0.1) is 0 Å². The number of rotatable bonds is 3. The summed E-state index contributed by atoms with van der Waals surface area (Å²) in [7, 11) is -0.958. The first-order valence-corrected chi connectivity index (χ1v) is 9.62. The lowest BCUT2D eigenvalue weighted by atomic mass is 10.1. The normalized spacial score (nSPS) is 16.2. The Morgan fingerprint density at radius 1 is 1.20 bits per heavy atom. The first-order chi connectivity index (χ1) is 11.2. The molecule has 0 aromatic heterocycles. The molecule has 0 saturated carbocycles. The number of carbonyl (C=O) groups excluding carboxylic acids is 1. The number of benzene rings is 1. The zero-order valence-electron chi connectivity index (χ0n) is 15.2. The Bertz CT molecular complexity index is 672. The van der Waals surface area contributed by atoms with Crippen molar-refractivity contribution in [3.8, 4) is 0 Å². The van der Waals surface area contributed by atoms with Crippen molar-refractivity contribution in [2.24, 2.45) is 0 Å². The molecule has 0 fully saturated rings. The zero-order valence-corrected chi connectivity index (χ0v) is 16.1. The predicted molar refractivity (Wildman–Crippen MR) is 102 cm³/mol. The van der Waals surface area contributed by atoms with Crippen molar-refractivity contribution < 1.29 is 19.2 Å². The summed E-state index contributed by atoms with van der Waals surface area (Å²) in [5, 5.41) is 0. The van der Waals surface area contributed by atoms with E-state index in [2.05, 4.69) is 0 Å². The molecule has 0 radical (unpaired) electrons. The summed E-state index contributed by atoms with van der Waals surface area (Å²) in [6.45, 7) is 6.29. The van der Waals surface area contributed by atoms with E-state index in [4.69, 9.17) is 4.74 Å². The molecule has 6 heteroatoms. The zero-order chi connectivity index (χ0) is 17.7. The highest BCUT2D eigenvalue weighted by Gasteiger charge is 2.22. The van der Waals surface area contributed by atoms with Gasteiger partial charge in [-0.3, -0.25) is 9.11 Å². The van der Waals surface area contributed by atoms with Crippen LogP contribution in [0.2, 0.25) is 0 Å². The summed E-state index contributed by atoms with van der Waals surface area (Å²) in [6.07, 6.45) is 9.12. The van der Waals surface area contributed by atoms with Gasteiger partial charge in [0.2, 0.25) is 0 Å². The fourth-order valence-electron chi connectivity index (χ4n) is 2.35. The van der Waals surface area contributed by atoms with Crippen LogP contribution in [0.15, 0.2) is 47.0 Å². The van der Waals surface area contributed by atoms with Crippen LogP contribution in [-0.2, 0) is 15.5 Å². The van der Waals surface area contributed by atoms with E-state index in [0.29, 0.717) is 6.54 Å². The van der Waals surface area contributed by atoms with E-state index in [-0.39, 0.29) is 11.6 Å². The SMILES string of the molecule is CS(=O)c1ccc(/C=C/C2=CN(C(=O)OC(C)(C)C)CCC2)cc1.O. The molecule has 25 heavy (non-hydrogen) atoms. The number of ether oxygens (including phenoxy) is 1. The van der Waals surface area contributed by atoms with Gasteiger partial charge in [0, 0.05) is 34.7 Å². The fraction of sp³-hybridized carbons (Fsp3) is 0.421. The van der Waals surface area contributed by atoms with Crippen LogP contribution in [0.4, 0.5) is 4.79 Å². The van der Waals surface area contributed by atoms with Crippen LogP contribution in [0.1, 0.15) is 39.2 Å². The van der Waals surface area contributed by atoms with Crippen molar-refractivity contribution in [1.29, 1.82) is 0 Å². The summed E-state index contributed by atoms with van der Waals surface area (Å²) >= 11 is 0. The van der Waals surface area contributed by atoms with E-state index in [0.717, 1.165) is 28.9 Å². The molecule has 1 atom stereocenters. The monoisotopic (exact) mass is 365 g/mol. The maximum atomic E-state index is 12.1. The average molecular weight is 365 g/mol. The molecule has 138 valence electrons. The van der Waals surface area contributed by atoms with Crippen molar-refractivity contribution >= 4 is 23.0 Å². The van der Waals surface area contributed by atoms with Gasteiger partial charge in [0.05, 0.1) is 0 Å². The van der Waals surface area contributed by atoms with Gasteiger partial charge >= 0.3 is 6.09 Å². The van der Waals surface area contributed by atoms with Gasteiger partial charge in [-0.1, -0.05) is 24.3 Å². The fourth-order valence-corrected chi connectivity index (χ4v) is 2.87. The van der Waals surface area contributed by atoms with Gasteiger partial charge in [-0.05, 0) is 56.9 Å². The molecule has 0 spiro atoms. The Morgan fingerprint density at radius 2 is 1.84 bits per heavy atom. The summed E-state index contributed by atoms with van der Waals surface area (Å²) in [5.41, 5.74) is 1.65. The van der Waals surface area contributed by atoms with Crippen LogP contribution >= 0.6 is 0 Å². The van der Waals surface area contributed by atoms with Crippen molar-refractivity contribution in [2.45, 2.75) is 44.1 Å². The molecular weight excluding hydrogens is 338 g/mol. The highest BCUT2D eigenvalue weighted by atomic mass is 32.2. The molecule has 1 aliphatic rings. The Morgan fingerprint density at radius 3 is 2.40 bits per heavy atom. The van der Waals surface area contributed by atoms with Gasteiger partial charge < -0.3 is 10.2 Å². The van der Waals surface area contributed by atoms with Crippen molar-refractivity contribution in [1.82, 2.24) is 4.90 Å². The number of nitrogens with zero attached hydrogens (tertiary/aromatic N) is 1. The van der Waals surface area contributed by atoms with Crippen LogP contribution in [-0.4, -0.2) is 39.1 Å². The van der Waals surface area contributed by atoms with Gasteiger partial charge in [0.25, 0.3) is 0 Å². The van der Waals surface area contributed by atoms with Gasteiger partial charge in [-0.2, -0.15) is 0 Å². The van der Waals surface area contributed by atoms with E-state index in [1.54, 1.807) is 11.2 Å². The smallest absolute Gasteiger partial charge is 0.414 e. The molecule has 1 amide bonds. The third kappa shape index (κ3) is 6.84. The molecule has 2 N–H and O–H groups in total. The van der Waals surface area contributed by atoms with E-state index < -0.39 is 16.4 Å². The van der Waals surface area contributed by atoms with E-state index in [1.807, 2.05) is 63.4 Å². The largest absolute Gasteiger partial charge is 0.443 e. The maximum absolute atomic E-state index is 12.1. The van der Waals surface area contributed by atoms with E-state index >= 15 is 0 Å². The van der Waals surface area contributed by atoms with Gasteiger partial charge in [0.15, 0.2) is 0 Å². The van der Waals surface area contributed by atoms with Crippen LogP contribution in [0.25, 0.3) is 6.08 Å². The van der Waals surface area contributed by atoms with Crippen molar-refractivity contribution in [3.63, 3.8) is 0 Å². The minimum atomic E-state index is -0.958. The first-order valence-electron chi connectivity index (χ1n) is 8.06. The molecule has 5 nitrogen and oxygen atoms in total. The quantitative estimate of drug-likeness (QED) is 0.822. The number of allylic oxidation sites excluding steroid dienone is 2. The molecule has 1 unspecified atom stereocenters. The van der Waals surface area contributed by atoms with Crippen LogP contribution in [0.3, 0.4) is 0 Å². The Hall–Kier alpha value is -1.92. The molecule has 0 bridgehead atoms. The summed E-state index contributed by atoms with van der Waals surface area (Å²) in [4.78, 5) is 14.6. The van der Waals surface area contributed by atoms with Gasteiger partial charge in [0.1, 0.15) is 5.60 Å². The van der Waals surface area contributed by atoms with Crippen LogP contribution in [0.5, 0.6) is 0 Å². The average Bonchev–Trinajstić information content (AvgIpc) is 2.52. The minimum absolute atomic E-state index is 0. The third-order valence-electron chi connectivity index (χ3n) is 3.52.